The molecule has 0 radical (unpaired) electrons. The smallest absolute Gasteiger partial charge is 0.124 e. The van der Waals surface area contributed by atoms with Gasteiger partial charge in [0.25, 0.3) is 0 Å². The van der Waals surface area contributed by atoms with Gasteiger partial charge in [-0.2, -0.15) is 5.10 Å². The highest BCUT2D eigenvalue weighted by atomic mass is 15.3. The first-order valence-electron chi connectivity index (χ1n) is 5.01. The van der Waals surface area contributed by atoms with Crippen LogP contribution in [0.5, 0.6) is 0 Å². The van der Waals surface area contributed by atoms with E-state index in [1.54, 1.807) is 0 Å². The molecule has 0 spiro atoms. The van der Waals surface area contributed by atoms with Gasteiger partial charge in [-0.05, 0) is 19.3 Å². The molecule has 1 N–H and O–H groups in total. The number of aryl methyl sites for hydroxylation is 1. The van der Waals surface area contributed by atoms with Crippen LogP contribution in [0, 0.1) is 0 Å². The minimum Gasteiger partial charge on any atom is -0.368 e. The van der Waals surface area contributed by atoms with Crippen molar-refractivity contribution in [2.24, 2.45) is 0 Å². The molecule has 0 aromatic carbocycles. The third-order valence-electron chi connectivity index (χ3n) is 2.56. The average Bonchev–Trinajstić information content (AvgIpc) is 2.46. The maximum absolute atomic E-state index is 4.54. The quantitative estimate of drug-likeness (QED) is 0.716. The Hall–Kier alpha value is -0.990. The summed E-state index contributed by atoms with van der Waals surface area (Å²) in [5.74, 6) is 1.71. The Morgan fingerprint density at radius 2 is 2.38 bits per heavy atom. The second-order valence-corrected chi connectivity index (χ2v) is 4.17. The van der Waals surface area contributed by atoms with E-state index in [0.717, 1.165) is 6.54 Å². The predicted molar refractivity (Wildman–Crippen MR) is 54.0 cm³/mol. The van der Waals surface area contributed by atoms with Gasteiger partial charge in [-0.3, -0.25) is 0 Å². The third-order valence-corrected chi connectivity index (χ3v) is 2.56. The van der Waals surface area contributed by atoms with Crippen molar-refractivity contribution in [3.05, 3.63) is 11.8 Å². The fourth-order valence-electron chi connectivity index (χ4n) is 1.65. The van der Waals surface area contributed by atoms with Crippen LogP contribution in [0.4, 0.5) is 5.82 Å². The summed E-state index contributed by atoms with van der Waals surface area (Å²) in [7, 11) is 0. The van der Waals surface area contributed by atoms with Crippen molar-refractivity contribution in [3.8, 4) is 0 Å². The van der Waals surface area contributed by atoms with Crippen LogP contribution in [0.15, 0.2) is 6.07 Å². The normalized spacial score (nSPS) is 21.4. The van der Waals surface area contributed by atoms with Gasteiger partial charge in [0.15, 0.2) is 0 Å². The number of fused-ring (bicyclic) bond motifs is 1. The number of nitrogens with one attached hydrogen (secondary N) is 1. The predicted octanol–water partition coefficient (Wildman–Crippen LogP) is 2.21. The summed E-state index contributed by atoms with van der Waals surface area (Å²) in [6.07, 6.45) is 1.17. The lowest BCUT2D eigenvalue weighted by Gasteiger charge is -2.21. The Morgan fingerprint density at radius 1 is 1.62 bits per heavy atom. The molecule has 0 bridgehead atoms. The number of aromatic nitrogens is 2. The van der Waals surface area contributed by atoms with Crippen molar-refractivity contribution in [3.63, 3.8) is 0 Å². The average molecular weight is 179 g/mol. The Morgan fingerprint density at radius 3 is 3.08 bits per heavy atom. The highest BCUT2D eigenvalue weighted by Crippen LogP contribution is 2.22. The Bertz CT molecular complexity index is 301. The van der Waals surface area contributed by atoms with E-state index in [1.807, 2.05) is 0 Å². The van der Waals surface area contributed by atoms with Crippen molar-refractivity contribution in [2.75, 3.05) is 5.32 Å². The number of anilines is 1. The first-order chi connectivity index (χ1) is 6.16. The van der Waals surface area contributed by atoms with E-state index in [2.05, 4.69) is 41.9 Å². The fourth-order valence-corrected chi connectivity index (χ4v) is 1.65. The second kappa shape index (κ2) is 3.05. The van der Waals surface area contributed by atoms with Gasteiger partial charge in [-0.15, -0.1) is 0 Å². The number of hydrogen-bond donors (Lipinski definition) is 1. The summed E-state index contributed by atoms with van der Waals surface area (Å²) in [5.41, 5.74) is 1.19. The van der Waals surface area contributed by atoms with Gasteiger partial charge in [0.2, 0.25) is 0 Å². The standard InChI is InChI=1S/C10H17N3/c1-7(2)9-6-10-11-8(3)4-5-13(10)12-9/h6-8,11H,4-5H2,1-3H3. The number of nitrogens with zero attached hydrogens (tertiary/aromatic N) is 2. The maximum Gasteiger partial charge on any atom is 0.124 e. The van der Waals surface area contributed by atoms with Gasteiger partial charge in [-0.1, -0.05) is 13.8 Å². The van der Waals surface area contributed by atoms with Gasteiger partial charge >= 0.3 is 0 Å². The van der Waals surface area contributed by atoms with Gasteiger partial charge in [0.1, 0.15) is 5.82 Å². The molecule has 0 fully saturated rings. The molecular weight excluding hydrogens is 162 g/mol. The monoisotopic (exact) mass is 179 g/mol. The van der Waals surface area contributed by atoms with Gasteiger partial charge < -0.3 is 5.32 Å². The van der Waals surface area contributed by atoms with Crippen molar-refractivity contribution in [1.82, 2.24) is 9.78 Å². The number of rotatable bonds is 1. The van der Waals surface area contributed by atoms with E-state index in [9.17, 15) is 0 Å². The highest BCUT2D eigenvalue weighted by molar-refractivity contribution is 5.40. The van der Waals surface area contributed by atoms with E-state index >= 15 is 0 Å². The molecule has 3 nitrogen and oxygen atoms in total. The first-order valence-corrected chi connectivity index (χ1v) is 5.01. The molecule has 3 heteroatoms. The van der Waals surface area contributed by atoms with Crippen LogP contribution in [-0.2, 0) is 6.54 Å². The lowest BCUT2D eigenvalue weighted by atomic mass is 10.1. The third kappa shape index (κ3) is 1.55. The molecule has 1 aromatic heterocycles. The van der Waals surface area contributed by atoms with Crippen molar-refractivity contribution in [1.29, 1.82) is 0 Å². The van der Waals surface area contributed by atoms with Gasteiger partial charge in [0, 0.05) is 18.7 Å². The number of hydrogen-bond acceptors (Lipinski definition) is 2. The van der Waals surface area contributed by atoms with Crippen LogP contribution in [0.1, 0.15) is 38.8 Å². The van der Waals surface area contributed by atoms with E-state index in [0.29, 0.717) is 12.0 Å². The largest absolute Gasteiger partial charge is 0.368 e. The summed E-state index contributed by atoms with van der Waals surface area (Å²) >= 11 is 0. The van der Waals surface area contributed by atoms with Crippen LogP contribution in [-0.4, -0.2) is 15.8 Å². The molecular formula is C10H17N3. The molecule has 1 aliphatic heterocycles. The zero-order chi connectivity index (χ0) is 9.42. The minimum absolute atomic E-state index is 0.523. The summed E-state index contributed by atoms with van der Waals surface area (Å²) in [6, 6.07) is 2.75. The molecule has 13 heavy (non-hydrogen) atoms. The van der Waals surface area contributed by atoms with E-state index in [-0.39, 0.29) is 0 Å². The summed E-state index contributed by atoms with van der Waals surface area (Å²) < 4.78 is 2.08. The molecule has 1 unspecified atom stereocenters. The first kappa shape index (κ1) is 8.60. The Kier molecular flexibility index (Phi) is 2.02. The van der Waals surface area contributed by atoms with E-state index in [1.165, 1.54) is 17.9 Å². The summed E-state index contributed by atoms with van der Waals surface area (Å²) in [6.45, 7) is 7.62. The zero-order valence-electron chi connectivity index (χ0n) is 8.54. The molecule has 1 aromatic rings. The fraction of sp³-hybridized carbons (Fsp3) is 0.700. The van der Waals surface area contributed by atoms with Crippen LogP contribution < -0.4 is 5.32 Å². The van der Waals surface area contributed by atoms with Crippen LogP contribution in [0.3, 0.4) is 0 Å². The maximum atomic E-state index is 4.54. The molecule has 72 valence electrons. The molecule has 1 atom stereocenters. The zero-order valence-corrected chi connectivity index (χ0v) is 8.54. The van der Waals surface area contributed by atoms with Gasteiger partial charge in [0.05, 0.1) is 5.69 Å². The lowest BCUT2D eigenvalue weighted by molar-refractivity contribution is 0.506. The Balaban J connectivity index is 2.28. The Labute approximate surface area is 79.1 Å². The topological polar surface area (TPSA) is 29.9 Å². The lowest BCUT2D eigenvalue weighted by Crippen LogP contribution is -2.25. The van der Waals surface area contributed by atoms with Gasteiger partial charge in [-0.25, -0.2) is 4.68 Å². The van der Waals surface area contributed by atoms with Crippen LogP contribution in [0.25, 0.3) is 0 Å². The molecule has 2 rings (SSSR count). The molecule has 1 aliphatic rings. The highest BCUT2D eigenvalue weighted by Gasteiger charge is 2.16. The summed E-state index contributed by atoms with van der Waals surface area (Å²) in [4.78, 5) is 0. The molecule has 0 saturated carbocycles. The van der Waals surface area contributed by atoms with E-state index < -0.39 is 0 Å². The van der Waals surface area contributed by atoms with Crippen molar-refractivity contribution in [2.45, 2.75) is 45.7 Å². The molecule has 0 aliphatic carbocycles. The van der Waals surface area contributed by atoms with Crippen LogP contribution >= 0.6 is 0 Å². The second-order valence-electron chi connectivity index (χ2n) is 4.17. The van der Waals surface area contributed by atoms with Crippen molar-refractivity contribution >= 4 is 5.82 Å². The summed E-state index contributed by atoms with van der Waals surface area (Å²) in [5, 5.41) is 7.97. The molecule has 0 saturated heterocycles. The van der Waals surface area contributed by atoms with Crippen molar-refractivity contribution < 1.29 is 0 Å². The molecule has 2 heterocycles. The SMILES string of the molecule is CC1CCn2nc(C(C)C)cc2N1. The van der Waals surface area contributed by atoms with Crippen LogP contribution in [0.2, 0.25) is 0 Å². The minimum atomic E-state index is 0.523. The van der Waals surface area contributed by atoms with E-state index in [4.69, 9.17) is 0 Å². The molecule has 0 amide bonds.